The molecule has 5 rings (SSSR count). The lowest BCUT2D eigenvalue weighted by Gasteiger charge is -2.35. The number of amides is 2. The molecule has 2 aliphatic heterocycles. The van der Waals surface area contributed by atoms with Crippen molar-refractivity contribution in [1.29, 1.82) is 0 Å². The Labute approximate surface area is 194 Å². The third-order valence-electron chi connectivity index (χ3n) is 6.88. The minimum absolute atomic E-state index is 0.0226. The molecule has 1 atom stereocenters. The van der Waals surface area contributed by atoms with E-state index in [1.807, 2.05) is 71.6 Å². The van der Waals surface area contributed by atoms with Crippen LogP contribution in [-0.4, -0.2) is 40.4 Å². The first kappa shape index (κ1) is 21.3. The Hall–Kier alpha value is -3.60. The first-order valence-electron chi connectivity index (χ1n) is 11.6. The number of carbonyl (C=O) groups excluding carboxylic acids is 2. The lowest BCUT2D eigenvalue weighted by atomic mass is 9.93. The maximum Gasteiger partial charge on any atom is 0.411 e. The van der Waals surface area contributed by atoms with Gasteiger partial charge in [-0.25, -0.2) is 4.79 Å². The van der Waals surface area contributed by atoms with Crippen LogP contribution in [0.25, 0.3) is 0 Å². The molecule has 2 fully saturated rings. The summed E-state index contributed by atoms with van der Waals surface area (Å²) in [6, 6.07) is 29.7. The van der Waals surface area contributed by atoms with E-state index >= 15 is 0 Å². The van der Waals surface area contributed by atoms with Crippen molar-refractivity contribution in [3.05, 3.63) is 108 Å². The fraction of sp³-hybridized carbons (Fsp3) is 0.286. The molecule has 0 N–H and O–H groups in total. The van der Waals surface area contributed by atoms with Crippen LogP contribution in [0, 0.1) is 0 Å². The predicted molar refractivity (Wildman–Crippen MR) is 126 cm³/mol. The summed E-state index contributed by atoms with van der Waals surface area (Å²) < 4.78 is 5.63. The molecule has 168 valence electrons. The molecule has 1 spiro atoms. The Bertz CT molecular complexity index is 1060. The third kappa shape index (κ3) is 3.99. The zero-order chi connectivity index (χ0) is 22.7. The number of likely N-dealkylation sites (tertiary alicyclic amines) is 2. The quantitative estimate of drug-likeness (QED) is 0.549. The molecule has 2 heterocycles. The molecule has 5 heteroatoms. The summed E-state index contributed by atoms with van der Waals surface area (Å²) in [6.45, 7) is 1.37. The highest BCUT2D eigenvalue weighted by molar-refractivity contribution is 5.93. The van der Waals surface area contributed by atoms with Gasteiger partial charge >= 0.3 is 6.09 Å². The van der Waals surface area contributed by atoms with Gasteiger partial charge < -0.3 is 9.64 Å². The zero-order valence-electron chi connectivity index (χ0n) is 18.6. The molecule has 0 aromatic heterocycles. The number of nitrogens with zero attached hydrogens (tertiary/aromatic N) is 2. The van der Waals surface area contributed by atoms with Crippen LogP contribution in [0.3, 0.4) is 0 Å². The molecular weight excluding hydrogens is 412 g/mol. The summed E-state index contributed by atoms with van der Waals surface area (Å²) in [5.41, 5.74) is 2.28. The molecule has 33 heavy (non-hydrogen) atoms. The largest absolute Gasteiger partial charge is 0.445 e. The van der Waals surface area contributed by atoms with E-state index in [0.29, 0.717) is 25.9 Å². The van der Waals surface area contributed by atoms with E-state index in [1.165, 1.54) is 0 Å². The first-order chi connectivity index (χ1) is 16.2. The van der Waals surface area contributed by atoms with Crippen LogP contribution in [0.4, 0.5) is 4.79 Å². The molecule has 2 saturated heterocycles. The summed E-state index contributed by atoms with van der Waals surface area (Å²) in [7, 11) is 0. The maximum absolute atomic E-state index is 14.0. The topological polar surface area (TPSA) is 49.9 Å². The normalized spacial score (nSPS) is 20.1. The van der Waals surface area contributed by atoms with E-state index < -0.39 is 11.6 Å². The fourth-order valence-corrected chi connectivity index (χ4v) is 5.27. The van der Waals surface area contributed by atoms with Crippen molar-refractivity contribution < 1.29 is 14.3 Å². The molecular formula is C28H28N2O3. The molecule has 3 aromatic carbocycles. The second-order valence-electron chi connectivity index (χ2n) is 8.80. The highest BCUT2D eigenvalue weighted by Crippen LogP contribution is 2.43. The Kier molecular flexibility index (Phi) is 5.86. The molecule has 1 unspecified atom stereocenters. The average molecular weight is 441 g/mol. The van der Waals surface area contributed by atoms with Crippen LogP contribution >= 0.6 is 0 Å². The summed E-state index contributed by atoms with van der Waals surface area (Å²) >= 11 is 0. The number of hydrogen-bond acceptors (Lipinski definition) is 3. The lowest BCUT2D eigenvalue weighted by Crippen LogP contribution is -2.53. The van der Waals surface area contributed by atoms with E-state index in [4.69, 9.17) is 4.74 Å². The van der Waals surface area contributed by atoms with E-state index in [2.05, 4.69) is 24.3 Å². The first-order valence-corrected chi connectivity index (χ1v) is 11.6. The van der Waals surface area contributed by atoms with Crippen molar-refractivity contribution in [2.24, 2.45) is 0 Å². The number of hydrogen-bond donors (Lipinski definition) is 0. The fourth-order valence-electron chi connectivity index (χ4n) is 5.27. The standard InChI is InChI=1S/C28H28N2O3/c31-26-28(17-10-19-30(28)27(32)33-21-22-11-4-1-5-12-22)18-20-29(26)25(23-13-6-2-7-14-23)24-15-8-3-9-16-24/h1-9,11-16,25H,10,17-21H2. The van der Waals surface area contributed by atoms with Gasteiger partial charge in [-0.3, -0.25) is 9.69 Å². The smallest absolute Gasteiger partial charge is 0.411 e. The van der Waals surface area contributed by atoms with Crippen LogP contribution < -0.4 is 0 Å². The van der Waals surface area contributed by atoms with Gasteiger partial charge in [-0.2, -0.15) is 0 Å². The highest BCUT2D eigenvalue weighted by atomic mass is 16.6. The minimum atomic E-state index is -0.810. The molecule has 0 aliphatic carbocycles. The van der Waals surface area contributed by atoms with E-state index in [-0.39, 0.29) is 18.6 Å². The van der Waals surface area contributed by atoms with Gasteiger partial charge in [0.2, 0.25) is 5.91 Å². The van der Waals surface area contributed by atoms with Gasteiger partial charge in [-0.1, -0.05) is 91.0 Å². The van der Waals surface area contributed by atoms with Crippen molar-refractivity contribution in [2.45, 2.75) is 37.5 Å². The second-order valence-corrected chi connectivity index (χ2v) is 8.80. The molecule has 0 radical (unpaired) electrons. The van der Waals surface area contributed by atoms with Crippen molar-refractivity contribution in [2.75, 3.05) is 13.1 Å². The Morgan fingerprint density at radius 1 is 0.818 bits per heavy atom. The summed E-state index contributed by atoms with van der Waals surface area (Å²) in [5.74, 6) is 0.0226. The van der Waals surface area contributed by atoms with Gasteiger partial charge in [0.15, 0.2) is 0 Å². The predicted octanol–water partition coefficient (Wildman–Crippen LogP) is 5.18. The Balaban J connectivity index is 1.40. The van der Waals surface area contributed by atoms with Gasteiger partial charge in [-0.05, 0) is 36.0 Å². The van der Waals surface area contributed by atoms with Crippen molar-refractivity contribution in [3.63, 3.8) is 0 Å². The average Bonchev–Trinajstić information content (AvgIpc) is 3.45. The van der Waals surface area contributed by atoms with Gasteiger partial charge in [-0.15, -0.1) is 0 Å². The van der Waals surface area contributed by atoms with Crippen LogP contribution in [-0.2, 0) is 16.1 Å². The summed E-state index contributed by atoms with van der Waals surface area (Å²) in [5, 5.41) is 0. The Morgan fingerprint density at radius 3 is 2.00 bits per heavy atom. The molecule has 0 bridgehead atoms. The molecule has 0 saturated carbocycles. The van der Waals surface area contributed by atoms with Gasteiger partial charge in [0.25, 0.3) is 0 Å². The summed E-state index contributed by atoms with van der Waals surface area (Å²) in [4.78, 5) is 30.7. The molecule has 3 aromatic rings. The van der Waals surface area contributed by atoms with Crippen LogP contribution in [0.15, 0.2) is 91.0 Å². The van der Waals surface area contributed by atoms with Crippen LogP contribution in [0.1, 0.15) is 42.0 Å². The van der Waals surface area contributed by atoms with Crippen molar-refractivity contribution in [3.8, 4) is 0 Å². The van der Waals surface area contributed by atoms with E-state index in [9.17, 15) is 9.59 Å². The third-order valence-corrected chi connectivity index (χ3v) is 6.88. The number of rotatable bonds is 5. The monoisotopic (exact) mass is 440 g/mol. The molecule has 5 nitrogen and oxygen atoms in total. The van der Waals surface area contributed by atoms with Crippen LogP contribution in [0.5, 0.6) is 0 Å². The minimum Gasteiger partial charge on any atom is -0.445 e. The van der Waals surface area contributed by atoms with Gasteiger partial charge in [0.05, 0.1) is 6.04 Å². The lowest BCUT2D eigenvalue weighted by molar-refractivity contribution is -0.137. The highest BCUT2D eigenvalue weighted by Gasteiger charge is 2.56. The number of carbonyl (C=O) groups is 2. The van der Waals surface area contributed by atoms with E-state index in [1.54, 1.807) is 4.90 Å². The van der Waals surface area contributed by atoms with Crippen molar-refractivity contribution >= 4 is 12.0 Å². The Morgan fingerprint density at radius 2 is 1.39 bits per heavy atom. The van der Waals surface area contributed by atoms with Crippen LogP contribution in [0.2, 0.25) is 0 Å². The van der Waals surface area contributed by atoms with Gasteiger partial charge in [0.1, 0.15) is 12.1 Å². The number of ether oxygens (including phenoxy) is 1. The van der Waals surface area contributed by atoms with Crippen molar-refractivity contribution in [1.82, 2.24) is 9.80 Å². The molecule has 2 aliphatic rings. The maximum atomic E-state index is 14.0. The van der Waals surface area contributed by atoms with Gasteiger partial charge in [0, 0.05) is 13.1 Å². The van der Waals surface area contributed by atoms with E-state index in [0.717, 1.165) is 23.1 Å². The zero-order valence-corrected chi connectivity index (χ0v) is 18.6. The molecule has 2 amide bonds. The SMILES string of the molecule is O=C(OCc1ccccc1)N1CCCC12CCN(C(c1ccccc1)c1ccccc1)C2=O. The number of benzene rings is 3. The summed E-state index contributed by atoms with van der Waals surface area (Å²) in [6.07, 6.45) is 1.71. The second kappa shape index (κ2) is 9.10.